The van der Waals surface area contributed by atoms with Gasteiger partial charge in [-0.05, 0) is 26.9 Å². The fourth-order valence-electron chi connectivity index (χ4n) is 4.01. The van der Waals surface area contributed by atoms with Crippen LogP contribution < -0.4 is 4.90 Å². The molecule has 0 bridgehead atoms. The smallest absolute Gasteiger partial charge is 0.300 e. The molecule has 1 fully saturated rings. The molecule has 0 N–H and O–H groups in total. The maximum atomic E-state index is 13.8. The summed E-state index contributed by atoms with van der Waals surface area (Å²) in [7, 11) is -8.81. The van der Waals surface area contributed by atoms with E-state index in [9.17, 15) is 45.5 Å². The Morgan fingerprint density at radius 1 is 0.897 bits per heavy atom. The number of nitro groups is 2. The zero-order valence-electron chi connectivity index (χ0n) is 21.7. The number of nitrogens with zero attached hydrogens (tertiary/aromatic N) is 5. The number of rotatable bonds is 14. The van der Waals surface area contributed by atoms with E-state index in [0.717, 1.165) is 21.7 Å². The standard InChI is InChI=1S/C19H31N5O12S3/c1-20(2)15-5-7-22(8-6-15)39(33,34)18-14-16(23(25)26)13-17(24(27)28)19(18)21(9-11-35-37(3,29)30)10-12-36-38(4,31)32/h13-15H,5-12H2,1-4H3. The molecular formula is C19H31N5O12S3. The van der Waals surface area contributed by atoms with E-state index in [4.69, 9.17) is 8.37 Å². The predicted molar refractivity (Wildman–Crippen MR) is 139 cm³/mol. The molecule has 0 radical (unpaired) electrons. The van der Waals surface area contributed by atoms with E-state index >= 15 is 0 Å². The van der Waals surface area contributed by atoms with E-state index in [0.29, 0.717) is 25.0 Å². The zero-order valence-corrected chi connectivity index (χ0v) is 24.2. The van der Waals surface area contributed by atoms with Crippen molar-refractivity contribution in [2.45, 2.75) is 23.8 Å². The number of anilines is 1. The molecular weight excluding hydrogens is 586 g/mol. The molecule has 17 nitrogen and oxygen atoms in total. The van der Waals surface area contributed by atoms with Crippen molar-refractivity contribution >= 4 is 47.3 Å². The highest BCUT2D eigenvalue weighted by Crippen LogP contribution is 2.40. The third-order valence-corrected chi connectivity index (χ3v) is 8.95. The summed E-state index contributed by atoms with van der Waals surface area (Å²) < 4.78 is 83.9. The van der Waals surface area contributed by atoms with E-state index in [1.807, 2.05) is 19.0 Å². The van der Waals surface area contributed by atoms with Crippen LogP contribution in [0.2, 0.25) is 0 Å². The average molecular weight is 618 g/mol. The van der Waals surface area contributed by atoms with Gasteiger partial charge in [-0.2, -0.15) is 21.1 Å². The summed E-state index contributed by atoms with van der Waals surface area (Å²) in [6.07, 6.45) is 2.39. The highest BCUT2D eigenvalue weighted by Gasteiger charge is 2.38. The SMILES string of the molecule is CN(C)C1CCN(S(=O)(=O)c2cc([N+](=O)[O-])cc([N+](=O)[O-])c2N(CCOS(C)(=O)=O)CCOS(C)(=O)=O)CC1. The molecule has 0 amide bonds. The third-order valence-electron chi connectivity index (χ3n) is 5.85. The van der Waals surface area contributed by atoms with Crippen molar-refractivity contribution < 1.29 is 43.5 Å². The molecule has 1 saturated heterocycles. The molecule has 20 heteroatoms. The number of sulfonamides is 1. The second kappa shape index (κ2) is 12.8. The lowest BCUT2D eigenvalue weighted by Gasteiger charge is -2.35. The molecule has 1 heterocycles. The monoisotopic (exact) mass is 617 g/mol. The van der Waals surface area contributed by atoms with Gasteiger partial charge >= 0.3 is 5.69 Å². The number of hydrogen-bond acceptors (Lipinski definition) is 14. The summed E-state index contributed by atoms with van der Waals surface area (Å²) in [6.45, 7) is -2.06. The Morgan fingerprint density at radius 3 is 1.77 bits per heavy atom. The lowest BCUT2D eigenvalue weighted by Crippen LogP contribution is -2.45. The first-order valence-electron chi connectivity index (χ1n) is 11.4. The lowest BCUT2D eigenvalue weighted by atomic mass is 10.1. The largest absolute Gasteiger partial charge is 0.360 e. The first-order valence-corrected chi connectivity index (χ1v) is 16.5. The Kier molecular flexibility index (Phi) is 10.7. The zero-order chi connectivity index (χ0) is 29.8. The van der Waals surface area contributed by atoms with Crippen molar-refractivity contribution in [3.05, 3.63) is 32.4 Å². The number of nitro benzene ring substituents is 2. The van der Waals surface area contributed by atoms with Gasteiger partial charge in [0.2, 0.25) is 10.0 Å². The van der Waals surface area contributed by atoms with Crippen molar-refractivity contribution in [2.75, 3.05) is 70.9 Å². The Morgan fingerprint density at radius 2 is 1.38 bits per heavy atom. The fourth-order valence-corrected chi connectivity index (χ4v) is 6.48. The molecule has 0 aliphatic carbocycles. The predicted octanol–water partition coefficient (Wildman–Crippen LogP) is -0.0235. The van der Waals surface area contributed by atoms with E-state index in [1.165, 1.54) is 0 Å². The molecule has 0 unspecified atom stereocenters. The highest BCUT2D eigenvalue weighted by atomic mass is 32.2. The third kappa shape index (κ3) is 9.29. The first kappa shape index (κ1) is 32.7. The van der Waals surface area contributed by atoms with Crippen molar-refractivity contribution in [2.24, 2.45) is 0 Å². The number of hydrogen-bond donors (Lipinski definition) is 0. The number of benzene rings is 1. The van der Waals surface area contributed by atoms with E-state index in [2.05, 4.69) is 0 Å². The molecule has 1 aromatic rings. The molecule has 1 aromatic carbocycles. The van der Waals surface area contributed by atoms with Gasteiger partial charge in [-0.25, -0.2) is 8.42 Å². The highest BCUT2D eigenvalue weighted by molar-refractivity contribution is 7.89. The summed E-state index contributed by atoms with van der Waals surface area (Å²) in [4.78, 5) is 23.8. The normalized spacial score (nSPS) is 15.9. The van der Waals surface area contributed by atoms with Crippen LogP contribution in [0.25, 0.3) is 0 Å². The van der Waals surface area contributed by atoms with Crippen LogP contribution in [0.3, 0.4) is 0 Å². The van der Waals surface area contributed by atoms with Gasteiger partial charge in [0.15, 0.2) is 0 Å². The van der Waals surface area contributed by atoms with Crippen molar-refractivity contribution in [1.82, 2.24) is 9.21 Å². The molecule has 222 valence electrons. The van der Waals surface area contributed by atoms with Gasteiger partial charge in [0, 0.05) is 38.3 Å². The van der Waals surface area contributed by atoms with Crippen LogP contribution in [0.1, 0.15) is 12.8 Å². The Bertz CT molecular complexity index is 1350. The summed E-state index contributed by atoms with van der Waals surface area (Å²) in [6, 6.07) is 1.35. The van der Waals surface area contributed by atoms with Gasteiger partial charge in [-0.15, -0.1) is 0 Å². The summed E-state index contributed by atoms with van der Waals surface area (Å²) in [5.41, 5.74) is -2.40. The van der Waals surface area contributed by atoms with Gasteiger partial charge in [0.05, 0.1) is 41.6 Å². The molecule has 1 aliphatic heterocycles. The van der Waals surface area contributed by atoms with Gasteiger partial charge < -0.3 is 9.80 Å². The van der Waals surface area contributed by atoms with Gasteiger partial charge in [0.1, 0.15) is 10.6 Å². The van der Waals surface area contributed by atoms with Gasteiger partial charge in [0.25, 0.3) is 25.9 Å². The molecule has 0 atom stereocenters. The van der Waals surface area contributed by atoms with E-state index in [1.54, 1.807) is 0 Å². The minimum atomic E-state index is -4.56. The van der Waals surface area contributed by atoms with E-state index < -0.39 is 88.4 Å². The molecule has 2 rings (SSSR count). The second-order valence-corrected chi connectivity index (χ2v) is 14.2. The Hall–Kier alpha value is -2.49. The summed E-state index contributed by atoms with van der Waals surface area (Å²) in [5, 5.41) is 23.6. The van der Waals surface area contributed by atoms with Gasteiger partial charge in [-0.3, -0.25) is 28.6 Å². The second-order valence-electron chi connectivity index (χ2n) is 8.96. The maximum absolute atomic E-state index is 13.8. The van der Waals surface area contributed by atoms with Crippen LogP contribution in [0.4, 0.5) is 17.1 Å². The molecule has 0 aromatic heterocycles. The van der Waals surface area contributed by atoms with Crippen molar-refractivity contribution in [3.8, 4) is 0 Å². The Balaban J connectivity index is 2.69. The van der Waals surface area contributed by atoms with Crippen LogP contribution in [0.5, 0.6) is 0 Å². The molecule has 39 heavy (non-hydrogen) atoms. The van der Waals surface area contributed by atoms with Gasteiger partial charge in [-0.1, -0.05) is 0 Å². The average Bonchev–Trinajstić information content (AvgIpc) is 2.80. The molecule has 0 spiro atoms. The van der Waals surface area contributed by atoms with Crippen LogP contribution in [-0.2, 0) is 38.6 Å². The topological polar surface area (TPSA) is 217 Å². The maximum Gasteiger partial charge on any atom is 0.300 e. The van der Waals surface area contributed by atoms with Crippen molar-refractivity contribution in [3.63, 3.8) is 0 Å². The van der Waals surface area contributed by atoms with Crippen LogP contribution in [-0.4, -0.2) is 116 Å². The number of non-ortho nitro benzene ring substituents is 1. The fraction of sp³-hybridized carbons (Fsp3) is 0.684. The minimum absolute atomic E-state index is 0.0372. The van der Waals surface area contributed by atoms with E-state index in [-0.39, 0.29) is 19.1 Å². The number of piperidine rings is 1. The summed E-state index contributed by atoms with van der Waals surface area (Å²) in [5.74, 6) is 0. The summed E-state index contributed by atoms with van der Waals surface area (Å²) >= 11 is 0. The van der Waals surface area contributed by atoms with Crippen LogP contribution in [0.15, 0.2) is 17.0 Å². The van der Waals surface area contributed by atoms with Crippen LogP contribution in [0, 0.1) is 20.2 Å². The first-order chi connectivity index (χ1) is 17.8. The van der Waals surface area contributed by atoms with Crippen LogP contribution >= 0.6 is 0 Å². The quantitative estimate of drug-likeness (QED) is 0.152. The Labute approximate surface area is 226 Å². The lowest BCUT2D eigenvalue weighted by molar-refractivity contribution is -0.394. The minimum Gasteiger partial charge on any atom is -0.360 e. The molecule has 1 aliphatic rings. The van der Waals surface area contributed by atoms with Crippen molar-refractivity contribution in [1.29, 1.82) is 0 Å². The molecule has 0 saturated carbocycles.